The van der Waals surface area contributed by atoms with Gasteiger partial charge in [-0.15, -0.1) is 5.06 Å². The SMILES string of the molecule is CN(CC1CCN(OC(=O)OC(C)(C)C)CC1)c1cc(Nc2ccc(S(=O)(=O)C(F)(F)F)cc2)ncn1. The molecule has 0 aliphatic carbocycles. The van der Waals surface area contributed by atoms with Crippen LogP contribution in [-0.2, 0) is 19.4 Å². The quantitative estimate of drug-likeness (QED) is 0.498. The lowest BCUT2D eigenvalue weighted by Gasteiger charge is -2.33. The smallest absolute Gasteiger partial charge is 0.427 e. The summed E-state index contributed by atoms with van der Waals surface area (Å²) in [5, 5.41) is 4.54. The van der Waals surface area contributed by atoms with Gasteiger partial charge in [-0.05, 0) is 63.8 Å². The van der Waals surface area contributed by atoms with Crippen LogP contribution in [0.5, 0.6) is 0 Å². The van der Waals surface area contributed by atoms with E-state index in [4.69, 9.17) is 9.57 Å². The summed E-state index contributed by atoms with van der Waals surface area (Å²) >= 11 is 0. The fraction of sp³-hybridized carbons (Fsp3) is 0.522. The van der Waals surface area contributed by atoms with Gasteiger partial charge in [-0.25, -0.2) is 23.2 Å². The monoisotopic (exact) mass is 545 g/mol. The molecule has 1 N–H and O–H groups in total. The molecule has 37 heavy (non-hydrogen) atoms. The molecule has 0 bridgehead atoms. The number of benzene rings is 1. The van der Waals surface area contributed by atoms with Gasteiger partial charge in [-0.1, -0.05) is 0 Å². The summed E-state index contributed by atoms with van der Waals surface area (Å²) in [6.45, 7) is 7.16. The van der Waals surface area contributed by atoms with E-state index in [0.29, 0.717) is 42.9 Å². The van der Waals surface area contributed by atoms with E-state index in [-0.39, 0.29) is 0 Å². The van der Waals surface area contributed by atoms with Crippen molar-refractivity contribution in [3.8, 4) is 0 Å². The maximum Gasteiger partial charge on any atom is 0.528 e. The van der Waals surface area contributed by atoms with E-state index in [2.05, 4.69) is 15.3 Å². The number of anilines is 3. The molecule has 0 unspecified atom stereocenters. The number of nitrogens with one attached hydrogen (secondary N) is 1. The van der Waals surface area contributed by atoms with E-state index < -0.39 is 32.0 Å². The molecule has 0 spiro atoms. The van der Waals surface area contributed by atoms with Gasteiger partial charge in [0.1, 0.15) is 23.6 Å². The van der Waals surface area contributed by atoms with Gasteiger partial charge in [0.2, 0.25) is 0 Å². The molecular formula is C23H30F3N5O5S. The number of aromatic nitrogens is 2. The van der Waals surface area contributed by atoms with Crippen LogP contribution in [0.2, 0.25) is 0 Å². The van der Waals surface area contributed by atoms with E-state index in [1.54, 1.807) is 31.9 Å². The third-order valence-corrected chi connectivity index (χ3v) is 6.99. The van der Waals surface area contributed by atoms with Crippen LogP contribution in [-0.4, -0.2) is 67.4 Å². The largest absolute Gasteiger partial charge is 0.528 e. The maximum atomic E-state index is 12.7. The van der Waals surface area contributed by atoms with E-state index in [9.17, 15) is 26.4 Å². The number of ether oxygens (including phenoxy) is 1. The Morgan fingerprint density at radius 3 is 2.32 bits per heavy atom. The van der Waals surface area contributed by atoms with Crippen LogP contribution in [0.15, 0.2) is 41.6 Å². The number of hydrogen-bond donors (Lipinski definition) is 1. The molecule has 0 saturated carbocycles. The molecule has 14 heteroatoms. The summed E-state index contributed by atoms with van der Waals surface area (Å²) in [5.74, 6) is 1.35. The number of hydroxylamine groups is 2. The van der Waals surface area contributed by atoms with E-state index in [1.165, 1.54) is 18.5 Å². The summed E-state index contributed by atoms with van der Waals surface area (Å²) < 4.78 is 66.4. The fourth-order valence-corrected chi connectivity index (χ4v) is 4.42. The molecule has 204 valence electrons. The highest BCUT2D eigenvalue weighted by molar-refractivity contribution is 7.92. The lowest BCUT2D eigenvalue weighted by atomic mass is 9.97. The molecule has 0 atom stereocenters. The van der Waals surface area contributed by atoms with E-state index in [1.807, 2.05) is 11.9 Å². The van der Waals surface area contributed by atoms with Crippen molar-refractivity contribution in [1.82, 2.24) is 15.0 Å². The van der Waals surface area contributed by atoms with Gasteiger partial charge in [0.25, 0.3) is 9.84 Å². The molecule has 3 rings (SSSR count). The predicted octanol–water partition coefficient (Wildman–Crippen LogP) is 4.53. The number of halogens is 3. The van der Waals surface area contributed by atoms with E-state index in [0.717, 1.165) is 25.0 Å². The second-order valence-electron chi connectivity index (χ2n) is 9.67. The van der Waals surface area contributed by atoms with Gasteiger partial charge >= 0.3 is 11.7 Å². The normalized spacial score (nSPS) is 15.8. The molecular weight excluding hydrogens is 515 g/mol. The second kappa shape index (κ2) is 11.1. The van der Waals surface area contributed by atoms with Crippen molar-refractivity contribution in [1.29, 1.82) is 0 Å². The van der Waals surface area contributed by atoms with Crippen molar-refractivity contribution in [2.24, 2.45) is 5.92 Å². The highest BCUT2D eigenvalue weighted by atomic mass is 32.2. The summed E-state index contributed by atoms with van der Waals surface area (Å²) in [6.07, 6.45) is 2.24. The number of carbonyl (C=O) groups excluding carboxylic acids is 1. The van der Waals surface area contributed by atoms with Crippen LogP contribution in [0, 0.1) is 5.92 Å². The maximum absolute atomic E-state index is 12.7. The summed E-state index contributed by atoms with van der Waals surface area (Å²) in [4.78, 5) is 26.6. The molecule has 0 amide bonds. The lowest BCUT2D eigenvalue weighted by Crippen LogP contribution is -2.40. The Balaban J connectivity index is 1.54. The Morgan fingerprint density at radius 2 is 1.76 bits per heavy atom. The number of alkyl halides is 3. The Morgan fingerprint density at radius 1 is 1.14 bits per heavy atom. The van der Waals surface area contributed by atoms with Crippen LogP contribution in [0.1, 0.15) is 33.6 Å². The molecule has 1 aromatic heterocycles. The zero-order valence-electron chi connectivity index (χ0n) is 20.9. The van der Waals surface area contributed by atoms with Gasteiger partial charge in [-0.2, -0.15) is 13.2 Å². The summed E-state index contributed by atoms with van der Waals surface area (Å²) in [6, 6.07) is 5.92. The highest BCUT2D eigenvalue weighted by Crippen LogP contribution is 2.31. The minimum Gasteiger partial charge on any atom is -0.427 e. The topological polar surface area (TPSA) is 114 Å². The van der Waals surface area contributed by atoms with Crippen molar-refractivity contribution in [2.45, 2.75) is 49.6 Å². The Hall–Kier alpha value is -3.13. The van der Waals surface area contributed by atoms with Gasteiger partial charge in [-0.3, -0.25) is 0 Å². The molecule has 1 aromatic carbocycles. The van der Waals surface area contributed by atoms with E-state index >= 15 is 0 Å². The first-order valence-corrected chi connectivity index (χ1v) is 13.0. The molecule has 1 aliphatic heterocycles. The van der Waals surface area contributed by atoms with Crippen molar-refractivity contribution in [2.75, 3.05) is 36.9 Å². The van der Waals surface area contributed by atoms with Crippen molar-refractivity contribution < 1.29 is 36.0 Å². The number of sulfone groups is 1. The first-order chi connectivity index (χ1) is 17.1. The standard InChI is InChI=1S/C23H30F3N5O5S/c1-22(2,3)35-21(32)36-31-11-9-16(10-12-31)14-30(4)20-13-19(27-15-28-20)29-17-5-7-18(8-6-17)37(33,34)23(24,25)26/h5-8,13,15-16H,9-12,14H2,1-4H3,(H,27,28,29). The molecule has 1 saturated heterocycles. The Kier molecular flexibility index (Phi) is 8.52. The third-order valence-electron chi connectivity index (χ3n) is 5.48. The zero-order chi connectivity index (χ0) is 27.4. The molecule has 0 radical (unpaired) electrons. The second-order valence-corrected chi connectivity index (χ2v) is 11.6. The minimum absolute atomic E-state index is 0.331. The minimum atomic E-state index is -5.41. The number of carbonyl (C=O) groups is 1. The molecule has 2 aromatic rings. The first-order valence-electron chi connectivity index (χ1n) is 11.5. The predicted molar refractivity (Wildman–Crippen MR) is 130 cm³/mol. The van der Waals surface area contributed by atoms with Crippen LogP contribution < -0.4 is 10.2 Å². The average Bonchev–Trinajstić information content (AvgIpc) is 2.79. The van der Waals surface area contributed by atoms with Gasteiger partial charge in [0, 0.05) is 38.4 Å². The number of nitrogens with zero attached hydrogens (tertiary/aromatic N) is 4. The zero-order valence-corrected chi connectivity index (χ0v) is 21.8. The molecule has 1 aliphatic rings. The van der Waals surface area contributed by atoms with Gasteiger partial charge < -0.3 is 19.8 Å². The number of rotatable bonds is 7. The van der Waals surface area contributed by atoms with Crippen LogP contribution >= 0.6 is 0 Å². The van der Waals surface area contributed by atoms with Crippen LogP contribution in [0.25, 0.3) is 0 Å². The molecule has 10 nitrogen and oxygen atoms in total. The highest BCUT2D eigenvalue weighted by Gasteiger charge is 2.46. The van der Waals surface area contributed by atoms with Crippen molar-refractivity contribution in [3.63, 3.8) is 0 Å². The fourth-order valence-electron chi connectivity index (χ4n) is 3.66. The van der Waals surface area contributed by atoms with Crippen LogP contribution in [0.4, 0.5) is 35.3 Å². The lowest BCUT2D eigenvalue weighted by molar-refractivity contribution is -0.154. The molecule has 2 heterocycles. The molecule has 1 fully saturated rings. The van der Waals surface area contributed by atoms with Gasteiger partial charge in [0.15, 0.2) is 0 Å². The number of hydrogen-bond acceptors (Lipinski definition) is 10. The van der Waals surface area contributed by atoms with Crippen molar-refractivity contribution >= 4 is 33.3 Å². The number of piperidine rings is 1. The Labute approximate surface area is 213 Å². The van der Waals surface area contributed by atoms with Crippen LogP contribution in [0.3, 0.4) is 0 Å². The Bertz CT molecular complexity index is 1180. The average molecular weight is 546 g/mol. The van der Waals surface area contributed by atoms with Crippen molar-refractivity contribution in [3.05, 3.63) is 36.7 Å². The summed E-state index contributed by atoms with van der Waals surface area (Å²) in [7, 11) is -3.53. The third kappa shape index (κ3) is 7.92. The summed E-state index contributed by atoms with van der Waals surface area (Å²) in [5.41, 5.74) is -5.62. The van der Waals surface area contributed by atoms with Gasteiger partial charge in [0.05, 0.1) is 4.90 Å². The first kappa shape index (κ1) is 28.4.